The van der Waals surface area contributed by atoms with Crippen LogP contribution in [-0.2, 0) is 4.79 Å². The summed E-state index contributed by atoms with van der Waals surface area (Å²) in [5.41, 5.74) is 2.36. The zero-order valence-electron chi connectivity index (χ0n) is 11.2. The molecule has 0 atom stereocenters. The van der Waals surface area contributed by atoms with Crippen molar-refractivity contribution in [3.63, 3.8) is 0 Å². The number of amides is 1. The van der Waals surface area contributed by atoms with E-state index in [1.807, 2.05) is 12.1 Å². The molecule has 0 radical (unpaired) electrons. The number of hydrogen-bond donors (Lipinski definition) is 1. The Morgan fingerprint density at radius 3 is 2.73 bits per heavy atom. The van der Waals surface area contributed by atoms with Gasteiger partial charge in [-0.3, -0.25) is 4.79 Å². The highest BCUT2D eigenvalue weighted by Crippen LogP contribution is 2.16. The fourth-order valence-electron chi connectivity index (χ4n) is 1.51. The quantitative estimate of drug-likeness (QED) is 0.446. The first kappa shape index (κ1) is 16.7. The third-order valence-corrected chi connectivity index (χ3v) is 3.61. The van der Waals surface area contributed by atoms with Gasteiger partial charge in [0.1, 0.15) is 11.6 Å². The topological polar surface area (TPSA) is 50.7 Å². The van der Waals surface area contributed by atoms with Crippen molar-refractivity contribution in [1.82, 2.24) is 5.43 Å². The molecule has 0 aromatic heterocycles. The monoisotopic (exact) mass is 432 g/mol. The molecular formula is C15H11ClFIN2O2. The van der Waals surface area contributed by atoms with Gasteiger partial charge < -0.3 is 4.74 Å². The number of nitrogens with zero attached hydrogens (tertiary/aromatic N) is 1. The second-order valence-electron chi connectivity index (χ2n) is 4.17. The predicted molar refractivity (Wildman–Crippen MR) is 91.8 cm³/mol. The van der Waals surface area contributed by atoms with Gasteiger partial charge in [-0.15, -0.1) is 0 Å². The molecule has 0 aliphatic rings. The highest BCUT2D eigenvalue weighted by Gasteiger charge is 2.05. The molecule has 7 heteroatoms. The lowest BCUT2D eigenvalue weighted by Gasteiger charge is -2.05. The van der Waals surface area contributed by atoms with Crippen LogP contribution in [0, 0.1) is 9.39 Å². The van der Waals surface area contributed by atoms with Crippen LogP contribution in [0.25, 0.3) is 0 Å². The first-order valence-electron chi connectivity index (χ1n) is 6.20. The minimum Gasteiger partial charge on any atom is -0.484 e. The van der Waals surface area contributed by atoms with Crippen molar-refractivity contribution >= 4 is 46.3 Å². The molecule has 2 aromatic rings. The molecule has 1 N–H and O–H groups in total. The zero-order chi connectivity index (χ0) is 15.9. The van der Waals surface area contributed by atoms with Crippen molar-refractivity contribution in [1.29, 1.82) is 0 Å². The van der Waals surface area contributed by atoms with Gasteiger partial charge in [0, 0.05) is 9.13 Å². The van der Waals surface area contributed by atoms with Crippen molar-refractivity contribution in [3.8, 4) is 5.75 Å². The Balaban J connectivity index is 1.85. The number of hydrazone groups is 1. The Bertz CT molecular complexity index is 672. The molecule has 0 saturated carbocycles. The molecule has 0 spiro atoms. The summed E-state index contributed by atoms with van der Waals surface area (Å²) in [7, 11) is 0. The molecule has 0 unspecified atom stereocenters. The van der Waals surface area contributed by atoms with Gasteiger partial charge in [-0.05, 0) is 59.0 Å². The number of halogens is 3. The van der Waals surface area contributed by atoms with E-state index in [4.69, 9.17) is 16.3 Å². The van der Waals surface area contributed by atoms with Gasteiger partial charge in [0.05, 0.1) is 11.2 Å². The van der Waals surface area contributed by atoms with Crippen LogP contribution in [0.1, 0.15) is 5.56 Å². The summed E-state index contributed by atoms with van der Waals surface area (Å²) < 4.78 is 19.8. The summed E-state index contributed by atoms with van der Waals surface area (Å²) in [4.78, 5) is 11.6. The minimum atomic E-state index is -0.513. The lowest BCUT2D eigenvalue weighted by molar-refractivity contribution is -0.123. The van der Waals surface area contributed by atoms with Crippen LogP contribution in [-0.4, -0.2) is 18.7 Å². The standard InChI is InChI=1S/C15H11ClFIN2O2/c16-13-2-1-3-14(17)12(13)8-19-20-15(21)9-22-11-6-4-10(18)5-7-11/h1-8H,9H2,(H,20,21)/b19-8-. The Hall–Kier alpha value is -1.67. The molecule has 1 amide bonds. The fourth-order valence-corrected chi connectivity index (χ4v) is 2.09. The summed E-state index contributed by atoms with van der Waals surface area (Å²) >= 11 is 8.00. The second-order valence-corrected chi connectivity index (χ2v) is 5.82. The van der Waals surface area contributed by atoms with Crippen LogP contribution in [0.4, 0.5) is 4.39 Å². The van der Waals surface area contributed by atoms with E-state index in [0.29, 0.717) is 5.75 Å². The number of hydrogen-bond acceptors (Lipinski definition) is 3. The normalized spacial score (nSPS) is 10.7. The summed E-state index contributed by atoms with van der Waals surface area (Å²) in [5.74, 6) is -0.389. The van der Waals surface area contributed by atoms with E-state index in [0.717, 1.165) is 9.78 Å². The van der Waals surface area contributed by atoms with E-state index in [9.17, 15) is 9.18 Å². The van der Waals surface area contributed by atoms with Crippen LogP contribution >= 0.6 is 34.2 Å². The van der Waals surface area contributed by atoms with Crippen molar-refractivity contribution in [2.75, 3.05) is 6.61 Å². The molecule has 0 aliphatic heterocycles. The first-order chi connectivity index (χ1) is 10.6. The maximum atomic E-state index is 13.5. The highest BCUT2D eigenvalue weighted by molar-refractivity contribution is 14.1. The fraction of sp³-hybridized carbons (Fsp3) is 0.0667. The molecule has 2 rings (SSSR count). The molecule has 0 fully saturated rings. The highest BCUT2D eigenvalue weighted by atomic mass is 127. The second kappa shape index (κ2) is 8.09. The van der Waals surface area contributed by atoms with Crippen LogP contribution in [0.15, 0.2) is 47.6 Å². The van der Waals surface area contributed by atoms with E-state index in [2.05, 4.69) is 33.1 Å². The number of carbonyl (C=O) groups excluding carboxylic acids is 1. The SMILES string of the molecule is O=C(COc1ccc(I)cc1)N/N=C\c1c(F)cccc1Cl. The van der Waals surface area contributed by atoms with Crippen LogP contribution in [0.2, 0.25) is 5.02 Å². The molecule has 4 nitrogen and oxygen atoms in total. The van der Waals surface area contributed by atoms with Crippen LogP contribution < -0.4 is 10.2 Å². The third-order valence-electron chi connectivity index (χ3n) is 2.57. The van der Waals surface area contributed by atoms with Crippen molar-refractivity contribution < 1.29 is 13.9 Å². The maximum absolute atomic E-state index is 13.5. The largest absolute Gasteiger partial charge is 0.484 e. The summed E-state index contributed by atoms with van der Waals surface area (Å²) in [6.45, 7) is -0.192. The molecule has 0 aliphatic carbocycles. The van der Waals surface area contributed by atoms with Gasteiger partial charge >= 0.3 is 0 Å². The molecule has 22 heavy (non-hydrogen) atoms. The van der Waals surface area contributed by atoms with E-state index in [1.54, 1.807) is 12.1 Å². The summed E-state index contributed by atoms with van der Waals surface area (Å²) in [5, 5.41) is 3.88. The molecule has 2 aromatic carbocycles. The molecule has 0 bridgehead atoms. The van der Waals surface area contributed by atoms with Gasteiger partial charge in [-0.2, -0.15) is 5.10 Å². The smallest absolute Gasteiger partial charge is 0.277 e. The van der Waals surface area contributed by atoms with E-state index in [-0.39, 0.29) is 17.2 Å². The molecule has 0 heterocycles. The Morgan fingerprint density at radius 2 is 2.05 bits per heavy atom. The van der Waals surface area contributed by atoms with E-state index in [1.165, 1.54) is 18.2 Å². The lowest BCUT2D eigenvalue weighted by atomic mass is 10.2. The Morgan fingerprint density at radius 1 is 1.32 bits per heavy atom. The van der Waals surface area contributed by atoms with Crippen LogP contribution in [0.5, 0.6) is 5.75 Å². The lowest BCUT2D eigenvalue weighted by Crippen LogP contribution is -2.24. The van der Waals surface area contributed by atoms with Gasteiger partial charge in [0.2, 0.25) is 0 Å². The Kier molecular flexibility index (Phi) is 6.14. The number of benzene rings is 2. The van der Waals surface area contributed by atoms with Crippen LogP contribution in [0.3, 0.4) is 0 Å². The summed E-state index contributed by atoms with van der Waals surface area (Å²) in [6, 6.07) is 11.5. The number of carbonyl (C=O) groups is 1. The van der Waals surface area contributed by atoms with E-state index < -0.39 is 11.7 Å². The summed E-state index contributed by atoms with van der Waals surface area (Å²) in [6.07, 6.45) is 1.15. The maximum Gasteiger partial charge on any atom is 0.277 e. The zero-order valence-corrected chi connectivity index (χ0v) is 14.1. The van der Waals surface area contributed by atoms with Gasteiger partial charge in [0.25, 0.3) is 5.91 Å². The average Bonchev–Trinajstić information content (AvgIpc) is 2.50. The van der Waals surface area contributed by atoms with Crippen molar-refractivity contribution in [3.05, 3.63) is 62.4 Å². The Labute approximate surface area is 145 Å². The molecule has 114 valence electrons. The first-order valence-corrected chi connectivity index (χ1v) is 7.66. The predicted octanol–water partition coefficient (Wildman–Crippen LogP) is 3.61. The third kappa shape index (κ3) is 4.96. The van der Waals surface area contributed by atoms with Gasteiger partial charge in [-0.25, -0.2) is 9.82 Å². The van der Waals surface area contributed by atoms with Gasteiger partial charge in [0.15, 0.2) is 6.61 Å². The number of ether oxygens (including phenoxy) is 1. The molecular weight excluding hydrogens is 422 g/mol. The van der Waals surface area contributed by atoms with E-state index >= 15 is 0 Å². The van der Waals surface area contributed by atoms with Gasteiger partial charge in [-0.1, -0.05) is 17.7 Å². The van der Waals surface area contributed by atoms with Crippen molar-refractivity contribution in [2.45, 2.75) is 0 Å². The average molecular weight is 433 g/mol. The molecule has 0 saturated heterocycles. The van der Waals surface area contributed by atoms with Crippen molar-refractivity contribution in [2.24, 2.45) is 5.10 Å². The number of nitrogens with one attached hydrogen (secondary N) is 1. The number of rotatable bonds is 5. The minimum absolute atomic E-state index is 0.114.